The second kappa shape index (κ2) is 6.26. The number of nitrogens with two attached hydrogens (primary N) is 1. The second-order valence-electron chi connectivity index (χ2n) is 6.02. The Kier molecular flexibility index (Phi) is 4.63. The van der Waals surface area contributed by atoms with Crippen LogP contribution in [0.5, 0.6) is 0 Å². The molecule has 0 heterocycles. The third-order valence-electron chi connectivity index (χ3n) is 4.10. The second-order valence-corrected chi connectivity index (χ2v) is 6.02. The molecule has 2 rings (SSSR count). The first-order chi connectivity index (χ1) is 9.97. The van der Waals surface area contributed by atoms with E-state index in [1.54, 1.807) is 18.2 Å². The van der Waals surface area contributed by atoms with Crippen LogP contribution in [0.15, 0.2) is 24.3 Å². The SMILES string of the molecule is CC(C)C(=O)Nc1cccc(NC(=O)C2(CN)CCC2)c1. The first kappa shape index (κ1) is 15.5. The van der Waals surface area contributed by atoms with Gasteiger partial charge in [0.05, 0.1) is 5.41 Å². The maximum atomic E-state index is 12.3. The Balaban J connectivity index is 2.04. The van der Waals surface area contributed by atoms with E-state index < -0.39 is 5.41 Å². The molecule has 0 bridgehead atoms. The number of rotatable bonds is 5. The predicted molar refractivity (Wildman–Crippen MR) is 83.9 cm³/mol. The van der Waals surface area contributed by atoms with Crippen LogP contribution in [-0.4, -0.2) is 18.4 Å². The molecule has 1 aliphatic carbocycles. The average Bonchev–Trinajstić information content (AvgIpc) is 2.38. The summed E-state index contributed by atoms with van der Waals surface area (Å²) in [5.74, 6) is -0.154. The van der Waals surface area contributed by atoms with E-state index in [4.69, 9.17) is 5.73 Å². The number of carbonyl (C=O) groups excluding carboxylic acids is 2. The normalized spacial score (nSPS) is 16.2. The molecule has 4 N–H and O–H groups in total. The third kappa shape index (κ3) is 3.42. The summed E-state index contributed by atoms with van der Waals surface area (Å²) < 4.78 is 0. The van der Waals surface area contributed by atoms with Crippen molar-refractivity contribution in [2.24, 2.45) is 17.1 Å². The molecule has 0 saturated heterocycles. The van der Waals surface area contributed by atoms with Crippen molar-refractivity contribution in [2.45, 2.75) is 33.1 Å². The number of hydrogen-bond acceptors (Lipinski definition) is 3. The zero-order chi connectivity index (χ0) is 15.5. The Labute approximate surface area is 125 Å². The Morgan fingerprint density at radius 2 is 1.86 bits per heavy atom. The van der Waals surface area contributed by atoms with Gasteiger partial charge in [-0.05, 0) is 31.0 Å². The van der Waals surface area contributed by atoms with E-state index in [1.165, 1.54) is 0 Å². The number of benzene rings is 1. The quantitative estimate of drug-likeness (QED) is 0.778. The number of hydrogen-bond donors (Lipinski definition) is 3. The van der Waals surface area contributed by atoms with E-state index in [1.807, 2.05) is 19.9 Å². The fraction of sp³-hybridized carbons (Fsp3) is 0.500. The van der Waals surface area contributed by atoms with E-state index >= 15 is 0 Å². The van der Waals surface area contributed by atoms with Gasteiger partial charge in [-0.1, -0.05) is 26.3 Å². The number of nitrogens with one attached hydrogen (secondary N) is 2. The van der Waals surface area contributed by atoms with Gasteiger partial charge in [0.25, 0.3) is 0 Å². The lowest BCUT2D eigenvalue weighted by Crippen LogP contribution is -2.47. The summed E-state index contributed by atoms with van der Waals surface area (Å²) in [5, 5.41) is 5.73. The maximum Gasteiger partial charge on any atom is 0.231 e. The van der Waals surface area contributed by atoms with Crippen LogP contribution in [0.2, 0.25) is 0 Å². The van der Waals surface area contributed by atoms with Crippen molar-refractivity contribution in [2.75, 3.05) is 17.2 Å². The minimum atomic E-state index is -0.406. The molecule has 2 amide bonds. The molecule has 0 atom stereocenters. The van der Waals surface area contributed by atoms with Crippen molar-refractivity contribution in [3.05, 3.63) is 24.3 Å². The van der Waals surface area contributed by atoms with Crippen LogP contribution < -0.4 is 16.4 Å². The fourth-order valence-electron chi connectivity index (χ4n) is 2.35. The largest absolute Gasteiger partial charge is 0.329 e. The number of amides is 2. The molecule has 1 saturated carbocycles. The van der Waals surface area contributed by atoms with Gasteiger partial charge in [0.15, 0.2) is 0 Å². The first-order valence-corrected chi connectivity index (χ1v) is 7.39. The highest BCUT2D eigenvalue weighted by molar-refractivity contribution is 5.97. The summed E-state index contributed by atoms with van der Waals surface area (Å²) in [6, 6.07) is 7.19. The standard InChI is InChI=1S/C16H23N3O2/c1-11(2)14(20)18-12-5-3-6-13(9-12)19-15(21)16(10-17)7-4-8-16/h3,5-6,9,11H,4,7-8,10,17H2,1-2H3,(H,18,20)(H,19,21). The summed E-state index contributed by atoms with van der Waals surface area (Å²) in [6.07, 6.45) is 2.74. The molecular formula is C16H23N3O2. The zero-order valence-corrected chi connectivity index (χ0v) is 12.6. The van der Waals surface area contributed by atoms with E-state index in [0.29, 0.717) is 17.9 Å². The summed E-state index contributed by atoms with van der Waals surface area (Å²) in [7, 11) is 0. The number of anilines is 2. The molecule has 1 aromatic rings. The summed E-state index contributed by atoms with van der Waals surface area (Å²) >= 11 is 0. The molecule has 0 unspecified atom stereocenters. The van der Waals surface area contributed by atoms with E-state index in [9.17, 15) is 9.59 Å². The van der Waals surface area contributed by atoms with Gasteiger partial charge >= 0.3 is 0 Å². The Bertz CT molecular complexity index is 531. The van der Waals surface area contributed by atoms with E-state index in [0.717, 1.165) is 19.3 Å². The van der Waals surface area contributed by atoms with Gasteiger partial charge in [0.2, 0.25) is 11.8 Å². The molecule has 1 fully saturated rings. The van der Waals surface area contributed by atoms with Crippen molar-refractivity contribution in [3.8, 4) is 0 Å². The highest BCUT2D eigenvalue weighted by Crippen LogP contribution is 2.40. The topological polar surface area (TPSA) is 84.2 Å². The summed E-state index contributed by atoms with van der Waals surface area (Å²) in [5.41, 5.74) is 6.69. The van der Waals surface area contributed by atoms with E-state index in [2.05, 4.69) is 10.6 Å². The van der Waals surface area contributed by atoms with Crippen LogP contribution >= 0.6 is 0 Å². The molecule has 5 heteroatoms. The molecule has 1 aromatic carbocycles. The van der Waals surface area contributed by atoms with Gasteiger partial charge in [0.1, 0.15) is 0 Å². The van der Waals surface area contributed by atoms with Crippen molar-refractivity contribution in [1.82, 2.24) is 0 Å². The Morgan fingerprint density at radius 3 is 2.33 bits per heavy atom. The van der Waals surface area contributed by atoms with Crippen molar-refractivity contribution < 1.29 is 9.59 Å². The van der Waals surface area contributed by atoms with Gasteiger partial charge in [-0.3, -0.25) is 9.59 Å². The van der Waals surface area contributed by atoms with Crippen LogP contribution in [0.3, 0.4) is 0 Å². The summed E-state index contributed by atoms with van der Waals surface area (Å²) in [4.78, 5) is 24.0. The molecule has 1 aliphatic rings. The zero-order valence-electron chi connectivity index (χ0n) is 12.6. The van der Waals surface area contributed by atoms with E-state index in [-0.39, 0.29) is 17.7 Å². The molecule has 5 nitrogen and oxygen atoms in total. The van der Waals surface area contributed by atoms with Crippen LogP contribution in [0.1, 0.15) is 33.1 Å². The highest BCUT2D eigenvalue weighted by atomic mass is 16.2. The summed E-state index contributed by atoms with van der Waals surface area (Å²) in [6.45, 7) is 4.05. The van der Waals surface area contributed by atoms with Crippen LogP contribution in [0.4, 0.5) is 11.4 Å². The van der Waals surface area contributed by atoms with Crippen LogP contribution in [0.25, 0.3) is 0 Å². The van der Waals surface area contributed by atoms with Crippen molar-refractivity contribution in [1.29, 1.82) is 0 Å². The predicted octanol–water partition coefficient (Wildman–Crippen LogP) is 2.35. The Hall–Kier alpha value is -1.88. The Morgan fingerprint density at radius 1 is 1.24 bits per heavy atom. The van der Waals surface area contributed by atoms with Crippen molar-refractivity contribution in [3.63, 3.8) is 0 Å². The van der Waals surface area contributed by atoms with Crippen molar-refractivity contribution >= 4 is 23.2 Å². The minimum absolute atomic E-state index is 0.0245. The van der Waals surface area contributed by atoms with Crippen LogP contribution in [0, 0.1) is 11.3 Å². The van der Waals surface area contributed by atoms with Gasteiger partial charge in [-0.2, -0.15) is 0 Å². The minimum Gasteiger partial charge on any atom is -0.329 e. The molecule has 114 valence electrons. The van der Waals surface area contributed by atoms with Gasteiger partial charge in [0, 0.05) is 23.8 Å². The van der Waals surface area contributed by atoms with Gasteiger partial charge in [-0.15, -0.1) is 0 Å². The average molecular weight is 289 g/mol. The molecule has 0 aliphatic heterocycles. The molecule has 0 spiro atoms. The monoisotopic (exact) mass is 289 g/mol. The molecular weight excluding hydrogens is 266 g/mol. The molecule has 21 heavy (non-hydrogen) atoms. The fourth-order valence-corrected chi connectivity index (χ4v) is 2.35. The number of carbonyl (C=O) groups is 2. The van der Waals surface area contributed by atoms with Gasteiger partial charge in [-0.25, -0.2) is 0 Å². The highest BCUT2D eigenvalue weighted by Gasteiger charge is 2.42. The first-order valence-electron chi connectivity index (χ1n) is 7.39. The smallest absolute Gasteiger partial charge is 0.231 e. The lowest BCUT2D eigenvalue weighted by molar-refractivity contribution is -0.129. The lowest BCUT2D eigenvalue weighted by atomic mass is 9.68. The molecule has 0 aromatic heterocycles. The van der Waals surface area contributed by atoms with Gasteiger partial charge < -0.3 is 16.4 Å². The van der Waals surface area contributed by atoms with Crippen LogP contribution in [-0.2, 0) is 9.59 Å². The molecule has 0 radical (unpaired) electrons. The maximum absolute atomic E-state index is 12.3. The third-order valence-corrected chi connectivity index (χ3v) is 4.10. The lowest BCUT2D eigenvalue weighted by Gasteiger charge is -2.39.